The summed E-state index contributed by atoms with van der Waals surface area (Å²) in [5.74, 6) is 1.76. The molecule has 1 fully saturated rings. The molecule has 0 amide bonds. The van der Waals surface area contributed by atoms with Gasteiger partial charge in [0.2, 0.25) is 0 Å². The predicted octanol–water partition coefficient (Wildman–Crippen LogP) is 2.90. The summed E-state index contributed by atoms with van der Waals surface area (Å²) in [6, 6.07) is 7.90. The van der Waals surface area contributed by atoms with Gasteiger partial charge in [0.1, 0.15) is 18.5 Å². The number of aliphatic hydroxyl groups excluding tert-OH is 1. The highest BCUT2D eigenvalue weighted by molar-refractivity contribution is 5.31. The van der Waals surface area contributed by atoms with Gasteiger partial charge in [-0.1, -0.05) is 43.9 Å². The highest BCUT2D eigenvalue weighted by Gasteiger charge is 2.14. The maximum Gasteiger partial charge on any atom is 0.122 e. The van der Waals surface area contributed by atoms with Crippen molar-refractivity contribution in [3.63, 3.8) is 0 Å². The lowest BCUT2D eigenvalue weighted by atomic mass is 10.0. The van der Waals surface area contributed by atoms with E-state index in [4.69, 9.17) is 4.74 Å². The van der Waals surface area contributed by atoms with Crippen LogP contribution in [-0.2, 0) is 0 Å². The number of hydrogen-bond acceptors (Lipinski definition) is 3. The fourth-order valence-electron chi connectivity index (χ4n) is 2.84. The van der Waals surface area contributed by atoms with E-state index in [-0.39, 0.29) is 0 Å². The highest BCUT2D eigenvalue weighted by atomic mass is 16.5. The molecule has 1 unspecified atom stereocenters. The summed E-state index contributed by atoms with van der Waals surface area (Å²) in [5, 5.41) is 13.2. The molecular weight excluding hydrogens is 250 g/mol. The Balaban J connectivity index is 1.56. The Morgan fingerprint density at radius 2 is 2.05 bits per heavy atom. The summed E-state index contributed by atoms with van der Waals surface area (Å²) in [7, 11) is 0. The summed E-state index contributed by atoms with van der Waals surface area (Å²) in [6.07, 6.45) is 6.38. The first-order valence-electron chi connectivity index (χ1n) is 7.83. The van der Waals surface area contributed by atoms with E-state index in [2.05, 4.69) is 5.32 Å². The predicted molar refractivity (Wildman–Crippen MR) is 82.1 cm³/mol. The minimum Gasteiger partial charge on any atom is -0.491 e. The van der Waals surface area contributed by atoms with E-state index in [0.717, 1.165) is 23.8 Å². The SMILES string of the molecule is Cc1ccccc1OCC(O)CNCCC1CCCC1. The van der Waals surface area contributed by atoms with Gasteiger partial charge in [-0.2, -0.15) is 0 Å². The summed E-state index contributed by atoms with van der Waals surface area (Å²) < 4.78 is 5.64. The molecule has 0 heterocycles. The summed E-state index contributed by atoms with van der Waals surface area (Å²) >= 11 is 0. The van der Waals surface area contributed by atoms with Gasteiger partial charge in [0.05, 0.1) is 0 Å². The van der Waals surface area contributed by atoms with Gasteiger partial charge in [-0.25, -0.2) is 0 Å². The Labute approximate surface area is 122 Å². The molecule has 2 N–H and O–H groups in total. The van der Waals surface area contributed by atoms with Gasteiger partial charge in [0, 0.05) is 6.54 Å². The van der Waals surface area contributed by atoms with Crippen LogP contribution < -0.4 is 10.1 Å². The fourth-order valence-corrected chi connectivity index (χ4v) is 2.84. The van der Waals surface area contributed by atoms with Crippen molar-refractivity contribution in [2.24, 2.45) is 5.92 Å². The van der Waals surface area contributed by atoms with Crippen LogP contribution >= 0.6 is 0 Å². The topological polar surface area (TPSA) is 41.5 Å². The summed E-state index contributed by atoms with van der Waals surface area (Å²) in [5.41, 5.74) is 1.11. The molecule has 1 atom stereocenters. The van der Waals surface area contributed by atoms with Crippen molar-refractivity contribution < 1.29 is 9.84 Å². The molecule has 0 bridgehead atoms. The monoisotopic (exact) mass is 277 g/mol. The molecule has 2 rings (SSSR count). The number of ether oxygens (including phenoxy) is 1. The number of benzene rings is 1. The van der Waals surface area contributed by atoms with Crippen molar-refractivity contribution >= 4 is 0 Å². The van der Waals surface area contributed by atoms with E-state index in [9.17, 15) is 5.11 Å². The quantitative estimate of drug-likeness (QED) is 0.718. The zero-order valence-corrected chi connectivity index (χ0v) is 12.5. The normalized spacial score (nSPS) is 17.3. The van der Waals surface area contributed by atoms with E-state index < -0.39 is 6.10 Å². The lowest BCUT2D eigenvalue weighted by molar-refractivity contribution is 0.106. The third-order valence-corrected chi connectivity index (χ3v) is 4.11. The van der Waals surface area contributed by atoms with Crippen LogP contribution in [0.25, 0.3) is 0 Å². The Morgan fingerprint density at radius 1 is 1.30 bits per heavy atom. The van der Waals surface area contributed by atoms with E-state index in [1.54, 1.807) is 0 Å². The first-order valence-corrected chi connectivity index (χ1v) is 7.83. The first kappa shape index (κ1) is 15.3. The lowest BCUT2D eigenvalue weighted by Gasteiger charge is -2.15. The third-order valence-electron chi connectivity index (χ3n) is 4.11. The zero-order chi connectivity index (χ0) is 14.2. The molecule has 1 aliphatic carbocycles. The average Bonchev–Trinajstić information content (AvgIpc) is 2.96. The minimum atomic E-state index is -0.446. The summed E-state index contributed by atoms with van der Waals surface area (Å²) in [4.78, 5) is 0. The Morgan fingerprint density at radius 3 is 2.80 bits per heavy atom. The first-order chi connectivity index (χ1) is 9.75. The molecule has 0 aliphatic heterocycles. The second-order valence-corrected chi connectivity index (χ2v) is 5.87. The molecule has 112 valence electrons. The van der Waals surface area contributed by atoms with Crippen LogP contribution in [0.5, 0.6) is 5.75 Å². The molecule has 0 spiro atoms. The molecule has 0 radical (unpaired) electrons. The van der Waals surface area contributed by atoms with E-state index >= 15 is 0 Å². The number of aryl methyl sites for hydroxylation is 1. The van der Waals surface area contributed by atoms with Crippen molar-refractivity contribution in [2.75, 3.05) is 19.7 Å². The number of para-hydroxylation sites is 1. The molecule has 3 nitrogen and oxygen atoms in total. The van der Waals surface area contributed by atoms with Crippen LogP contribution in [0.4, 0.5) is 0 Å². The van der Waals surface area contributed by atoms with E-state index in [0.29, 0.717) is 13.2 Å². The van der Waals surface area contributed by atoms with Crippen LogP contribution in [-0.4, -0.2) is 30.9 Å². The minimum absolute atomic E-state index is 0.348. The van der Waals surface area contributed by atoms with Crippen LogP contribution in [0.1, 0.15) is 37.7 Å². The molecule has 1 aromatic carbocycles. The van der Waals surface area contributed by atoms with Gasteiger partial charge in [-0.05, 0) is 37.4 Å². The van der Waals surface area contributed by atoms with E-state index in [1.807, 2.05) is 31.2 Å². The van der Waals surface area contributed by atoms with Gasteiger partial charge in [0.25, 0.3) is 0 Å². The molecule has 0 saturated heterocycles. The number of hydrogen-bond donors (Lipinski definition) is 2. The van der Waals surface area contributed by atoms with Crippen molar-refractivity contribution in [1.82, 2.24) is 5.32 Å². The molecule has 3 heteroatoms. The van der Waals surface area contributed by atoms with Gasteiger partial charge < -0.3 is 15.2 Å². The second kappa shape index (κ2) is 8.28. The number of aliphatic hydroxyl groups is 1. The van der Waals surface area contributed by atoms with Crippen LogP contribution in [0, 0.1) is 12.8 Å². The Hall–Kier alpha value is -1.06. The van der Waals surface area contributed by atoms with Crippen molar-refractivity contribution in [2.45, 2.75) is 45.1 Å². The zero-order valence-electron chi connectivity index (χ0n) is 12.5. The average molecular weight is 277 g/mol. The van der Waals surface area contributed by atoms with Crippen LogP contribution in [0.15, 0.2) is 24.3 Å². The second-order valence-electron chi connectivity index (χ2n) is 5.87. The molecular formula is C17H27NO2. The maximum absolute atomic E-state index is 9.91. The molecule has 1 aromatic rings. The number of rotatable bonds is 8. The third kappa shape index (κ3) is 5.14. The fraction of sp³-hybridized carbons (Fsp3) is 0.647. The number of nitrogens with one attached hydrogen (secondary N) is 1. The molecule has 0 aromatic heterocycles. The summed E-state index contributed by atoms with van der Waals surface area (Å²) in [6.45, 7) is 3.98. The largest absolute Gasteiger partial charge is 0.491 e. The lowest BCUT2D eigenvalue weighted by Crippen LogP contribution is -2.32. The Bertz CT molecular complexity index is 388. The van der Waals surface area contributed by atoms with E-state index in [1.165, 1.54) is 32.1 Å². The van der Waals surface area contributed by atoms with Crippen molar-refractivity contribution in [3.05, 3.63) is 29.8 Å². The smallest absolute Gasteiger partial charge is 0.122 e. The van der Waals surface area contributed by atoms with Crippen molar-refractivity contribution in [1.29, 1.82) is 0 Å². The van der Waals surface area contributed by atoms with Gasteiger partial charge in [-0.3, -0.25) is 0 Å². The van der Waals surface area contributed by atoms with Gasteiger partial charge in [0.15, 0.2) is 0 Å². The molecule has 20 heavy (non-hydrogen) atoms. The highest BCUT2D eigenvalue weighted by Crippen LogP contribution is 2.26. The molecule has 1 saturated carbocycles. The van der Waals surface area contributed by atoms with Crippen LogP contribution in [0.3, 0.4) is 0 Å². The van der Waals surface area contributed by atoms with Crippen LogP contribution in [0.2, 0.25) is 0 Å². The Kier molecular flexibility index (Phi) is 6.34. The maximum atomic E-state index is 9.91. The van der Waals surface area contributed by atoms with Gasteiger partial charge >= 0.3 is 0 Å². The molecule has 1 aliphatic rings. The standard InChI is InChI=1S/C17H27NO2/c1-14-6-2-5-9-17(14)20-13-16(19)12-18-11-10-15-7-3-4-8-15/h2,5-6,9,15-16,18-19H,3-4,7-8,10-13H2,1H3. The van der Waals surface area contributed by atoms with Crippen molar-refractivity contribution in [3.8, 4) is 5.75 Å². The van der Waals surface area contributed by atoms with Gasteiger partial charge in [-0.15, -0.1) is 0 Å².